The van der Waals surface area contributed by atoms with Crippen LogP contribution in [0.4, 0.5) is 58.4 Å². The summed E-state index contributed by atoms with van der Waals surface area (Å²) in [7, 11) is -9.86. The van der Waals surface area contributed by atoms with E-state index in [2.05, 4.69) is 51.2 Å². The van der Waals surface area contributed by atoms with Gasteiger partial charge in [-0.15, -0.1) is 0 Å². The molecular formula is C44H52N12O10S2. The van der Waals surface area contributed by atoms with Gasteiger partial charge >= 0.3 is 0 Å². The summed E-state index contributed by atoms with van der Waals surface area (Å²) in [6.07, 6.45) is -0.862. The van der Waals surface area contributed by atoms with E-state index in [1.807, 2.05) is 12.1 Å². The van der Waals surface area contributed by atoms with E-state index in [4.69, 9.17) is 0 Å². The summed E-state index contributed by atoms with van der Waals surface area (Å²) in [4.78, 5) is 28.7. The van der Waals surface area contributed by atoms with Crippen LogP contribution in [0.3, 0.4) is 0 Å². The molecule has 10 N–H and O–H groups in total. The number of aromatic nitrogens is 6. The second-order valence-electron chi connectivity index (χ2n) is 15.8. The second kappa shape index (κ2) is 22.3. The van der Waals surface area contributed by atoms with Crippen molar-refractivity contribution in [2.24, 2.45) is 0 Å². The molecule has 6 aromatic rings. The number of anilines is 10. The normalized spacial score (nSPS) is 13.6. The van der Waals surface area contributed by atoms with Gasteiger partial charge in [-0.05, 0) is 87.4 Å². The largest absolute Gasteiger partial charge is 0.392 e. The summed E-state index contributed by atoms with van der Waals surface area (Å²) in [6.45, 7) is 6.46. The summed E-state index contributed by atoms with van der Waals surface area (Å²) in [6, 6.07) is 25.7. The van der Waals surface area contributed by atoms with E-state index in [9.17, 15) is 46.4 Å². The Morgan fingerprint density at radius 3 is 1.03 bits per heavy atom. The maximum atomic E-state index is 12.8. The van der Waals surface area contributed by atoms with Crippen molar-refractivity contribution in [1.82, 2.24) is 29.9 Å². The number of hydrogen-bond donors (Lipinski definition) is 10. The molecule has 0 amide bonds. The number of nitrogens with zero attached hydrogens (tertiary/aromatic N) is 8. The Balaban J connectivity index is 1.32. The van der Waals surface area contributed by atoms with Crippen LogP contribution in [0.1, 0.15) is 38.8 Å². The summed E-state index contributed by atoms with van der Waals surface area (Å²) in [5, 5.41) is 52.8. The standard InChI is InChI=1S/C44H52N12O10S2/c1-27(57)23-55(24-28(2)58)43-51-39(45-33-11-7-5-8-12-33)49-41(53-43)47-35-19-17-31(37(21-35)67(61,62)63)15-16-32-18-20-36(22-38(32)68(64,65)66)48-42-50-40(46-34-13-9-6-10-14-34)52-44(54-42)56(25-29(3)59)26-30(4)60/h5-22,27-30,57-60H,23-26H2,1-4H3,(H,61,62,63)(H,64,65,66)(H2,45,47,49,51,53)(H2,46,48,50,52,54)/b16-15+. The highest BCUT2D eigenvalue weighted by Gasteiger charge is 2.22. The summed E-state index contributed by atoms with van der Waals surface area (Å²) in [5.74, 6) is 0.154. The van der Waals surface area contributed by atoms with Gasteiger partial charge in [-0.3, -0.25) is 9.11 Å². The third kappa shape index (κ3) is 14.8. The van der Waals surface area contributed by atoms with Crippen molar-refractivity contribution in [1.29, 1.82) is 0 Å². The lowest BCUT2D eigenvalue weighted by molar-refractivity contribution is 0.176. The first-order valence-corrected chi connectivity index (χ1v) is 23.9. The molecule has 0 aliphatic rings. The predicted octanol–water partition coefficient (Wildman–Crippen LogP) is 4.83. The van der Waals surface area contributed by atoms with E-state index in [1.54, 1.807) is 86.0 Å². The molecule has 24 heteroatoms. The van der Waals surface area contributed by atoms with E-state index in [0.717, 1.165) is 12.1 Å². The lowest BCUT2D eigenvalue weighted by atomic mass is 10.1. The maximum Gasteiger partial charge on any atom is 0.295 e. The number of aliphatic hydroxyl groups is 4. The van der Waals surface area contributed by atoms with Gasteiger partial charge in [-0.25, -0.2) is 0 Å². The van der Waals surface area contributed by atoms with Crippen molar-refractivity contribution in [2.75, 3.05) is 57.2 Å². The van der Waals surface area contributed by atoms with Crippen molar-refractivity contribution >= 4 is 90.8 Å². The Kier molecular flexibility index (Phi) is 16.5. The molecule has 0 spiro atoms. The molecule has 2 heterocycles. The molecule has 6 rings (SSSR count). The minimum absolute atomic E-state index is 0.0509. The molecule has 4 unspecified atom stereocenters. The van der Waals surface area contributed by atoms with Crippen molar-refractivity contribution in [2.45, 2.75) is 61.9 Å². The van der Waals surface area contributed by atoms with Crippen molar-refractivity contribution in [3.05, 3.63) is 108 Å². The van der Waals surface area contributed by atoms with Crippen molar-refractivity contribution < 1.29 is 46.4 Å². The molecule has 68 heavy (non-hydrogen) atoms. The van der Waals surface area contributed by atoms with Crippen molar-refractivity contribution in [3.63, 3.8) is 0 Å². The Labute approximate surface area is 393 Å². The molecule has 0 saturated carbocycles. The molecule has 0 bridgehead atoms. The first-order valence-electron chi connectivity index (χ1n) is 21.0. The fraction of sp³-hybridized carbons (Fsp3) is 0.273. The molecule has 0 radical (unpaired) electrons. The molecule has 22 nitrogen and oxygen atoms in total. The Morgan fingerprint density at radius 2 is 0.750 bits per heavy atom. The Hall–Kier alpha value is -6.90. The first kappa shape index (κ1) is 50.5. The van der Waals surface area contributed by atoms with Gasteiger partial charge in [0.15, 0.2) is 0 Å². The fourth-order valence-corrected chi connectivity index (χ4v) is 8.09. The number of nitrogens with one attached hydrogen (secondary N) is 4. The van der Waals surface area contributed by atoms with Gasteiger partial charge in [-0.2, -0.15) is 46.7 Å². The molecule has 4 atom stereocenters. The van der Waals surface area contributed by atoms with Gasteiger partial charge in [0.05, 0.1) is 24.4 Å². The van der Waals surface area contributed by atoms with E-state index < -0.39 is 54.4 Å². The zero-order valence-corrected chi connectivity index (χ0v) is 38.9. The topological polar surface area (TPSA) is 322 Å². The number of hydrogen-bond acceptors (Lipinski definition) is 20. The van der Waals surface area contributed by atoms with Crippen molar-refractivity contribution in [3.8, 4) is 0 Å². The van der Waals surface area contributed by atoms with Gasteiger partial charge in [0, 0.05) is 48.9 Å². The van der Waals surface area contributed by atoms with Gasteiger partial charge < -0.3 is 51.5 Å². The van der Waals surface area contributed by atoms with Crippen LogP contribution in [-0.4, -0.2) is 127 Å². The average Bonchev–Trinajstić information content (AvgIpc) is 3.25. The monoisotopic (exact) mass is 972 g/mol. The smallest absolute Gasteiger partial charge is 0.295 e. The second-order valence-corrected chi connectivity index (χ2v) is 18.6. The molecule has 4 aromatic carbocycles. The molecule has 0 aliphatic carbocycles. The van der Waals surface area contributed by atoms with Crippen LogP contribution in [0.25, 0.3) is 12.2 Å². The predicted molar refractivity (Wildman–Crippen MR) is 258 cm³/mol. The quantitative estimate of drug-likeness (QED) is 0.0322. The highest BCUT2D eigenvalue weighted by molar-refractivity contribution is 7.86. The molecule has 360 valence electrons. The Bertz CT molecular complexity index is 2700. The SMILES string of the molecule is CC(O)CN(CC(C)O)c1nc(Nc2ccccc2)nc(Nc2ccc(/C=C/c3ccc(Nc4nc(Nc5ccccc5)nc(N(CC(C)O)CC(C)O)n4)cc3S(=O)(=O)O)c(S(=O)(=O)O)c2)n1. The van der Waals surface area contributed by atoms with Crippen LogP contribution in [0.2, 0.25) is 0 Å². The number of benzene rings is 4. The summed E-state index contributed by atoms with van der Waals surface area (Å²) < 4.78 is 72.0. The number of rotatable bonds is 22. The Morgan fingerprint density at radius 1 is 0.456 bits per heavy atom. The van der Waals surface area contributed by atoms with E-state index in [1.165, 1.54) is 36.4 Å². The maximum absolute atomic E-state index is 12.8. The van der Waals surface area contributed by atoms with Gasteiger partial charge in [0.1, 0.15) is 9.79 Å². The number of aliphatic hydroxyl groups excluding tert-OH is 4. The lowest BCUT2D eigenvalue weighted by Crippen LogP contribution is -2.37. The zero-order chi connectivity index (χ0) is 49.2. The molecular weight excluding hydrogens is 921 g/mol. The first-order chi connectivity index (χ1) is 32.2. The lowest BCUT2D eigenvalue weighted by Gasteiger charge is -2.26. The van der Waals surface area contributed by atoms with E-state index in [0.29, 0.717) is 11.4 Å². The highest BCUT2D eigenvalue weighted by atomic mass is 32.2. The third-order valence-corrected chi connectivity index (χ3v) is 11.2. The molecule has 0 fully saturated rings. The van der Waals surface area contributed by atoms with Gasteiger partial charge in [0.2, 0.25) is 35.7 Å². The highest BCUT2D eigenvalue weighted by Crippen LogP contribution is 2.29. The number of para-hydroxylation sites is 2. The third-order valence-electron chi connectivity index (χ3n) is 9.35. The minimum atomic E-state index is -4.93. The molecule has 0 saturated heterocycles. The molecule has 2 aromatic heterocycles. The minimum Gasteiger partial charge on any atom is -0.392 e. The van der Waals surface area contributed by atoms with Crippen LogP contribution in [0, 0.1) is 0 Å². The van der Waals surface area contributed by atoms with Crippen LogP contribution in [0.5, 0.6) is 0 Å². The van der Waals surface area contributed by atoms with Crippen LogP contribution >= 0.6 is 0 Å². The van der Waals surface area contributed by atoms with E-state index in [-0.39, 0.29) is 84.4 Å². The summed E-state index contributed by atoms with van der Waals surface area (Å²) in [5.41, 5.74) is 1.34. The molecule has 0 aliphatic heterocycles. The van der Waals surface area contributed by atoms with Crippen LogP contribution in [-0.2, 0) is 20.2 Å². The fourth-order valence-electron chi connectivity index (χ4n) is 6.67. The van der Waals surface area contributed by atoms with Gasteiger partial charge in [-0.1, -0.05) is 60.7 Å². The van der Waals surface area contributed by atoms with Crippen LogP contribution in [0.15, 0.2) is 107 Å². The summed E-state index contributed by atoms with van der Waals surface area (Å²) >= 11 is 0. The zero-order valence-electron chi connectivity index (χ0n) is 37.2. The van der Waals surface area contributed by atoms with Gasteiger partial charge in [0.25, 0.3) is 20.2 Å². The van der Waals surface area contributed by atoms with E-state index >= 15 is 0 Å². The van der Waals surface area contributed by atoms with Crippen LogP contribution < -0.4 is 31.1 Å². The average molecular weight is 973 g/mol.